The summed E-state index contributed by atoms with van der Waals surface area (Å²) in [7, 11) is 1.62. The summed E-state index contributed by atoms with van der Waals surface area (Å²) in [4.78, 5) is 12.4. The fraction of sp³-hybridized carbons (Fsp3) is 0.381. The van der Waals surface area contributed by atoms with E-state index in [0.717, 1.165) is 28.4 Å². The summed E-state index contributed by atoms with van der Waals surface area (Å²) in [5.41, 5.74) is 2.12. The van der Waals surface area contributed by atoms with Crippen LogP contribution in [0.15, 0.2) is 42.5 Å². The van der Waals surface area contributed by atoms with E-state index in [4.69, 9.17) is 14.2 Å². The molecule has 140 valence electrons. The van der Waals surface area contributed by atoms with Crippen molar-refractivity contribution in [3.63, 3.8) is 0 Å². The van der Waals surface area contributed by atoms with Crippen molar-refractivity contribution in [2.24, 2.45) is 0 Å². The second kappa shape index (κ2) is 9.70. The highest BCUT2D eigenvalue weighted by Crippen LogP contribution is 2.21. The summed E-state index contributed by atoms with van der Waals surface area (Å²) in [6.45, 7) is 6.71. The normalized spacial score (nSPS) is 11.5. The first-order chi connectivity index (χ1) is 12.5. The Labute approximate surface area is 155 Å². The van der Waals surface area contributed by atoms with Crippen LogP contribution in [0.25, 0.3) is 0 Å². The number of aryl methyl sites for hydroxylation is 2. The molecule has 5 nitrogen and oxygen atoms in total. The number of hydrogen-bond acceptors (Lipinski definition) is 4. The number of carbonyl (C=O) groups excluding carboxylic acids is 1. The van der Waals surface area contributed by atoms with Crippen molar-refractivity contribution in [2.45, 2.75) is 33.3 Å². The Balaban J connectivity index is 1.80. The molecule has 0 heterocycles. The third kappa shape index (κ3) is 5.69. The summed E-state index contributed by atoms with van der Waals surface area (Å²) < 4.78 is 16.6. The van der Waals surface area contributed by atoms with Gasteiger partial charge in [0.1, 0.15) is 23.9 Å². The molecule has 26 heavy (non-hydrogen) atoms. The molecule has 0 radical (unpaired) electrons. The van der Waals surface area contributed by atoms with Crippen molar-refractivity contribution < 1.29 is 19.0 Å². The van der Waals surface area contributed by atoms with Crippen LogP contribution in [0.3, 0.4) is 0 Å². The van der Waals surface area contributed by atoms with Gasteiger partial charge in [-0.25, -0.2) is 0 Å². The molecule has 0 spiro atoms. The van der Waals surface area contributed by atoms with Gasteiger partial charge in [-0.1, -0.05) is 19.1 Å². The highest BCUT2D eigenvalue weighted by Gasteiger charge is 2.18. The van der Waals surface area contributed by atoms with Crippen LogP contribution in [0.5, 0.6) is 17.2 Å². The van der Waals surface area contributed by atoms with Crippen molar-refractivity contribution in [3.05, 3.63) is 53.6 Å². The average Bonchev–Trinajstić information content (AvgIpc) is 2.66. The minimum Gasteiger partial charge on any atom is -0.497 e. The van der Waals surface area contributed by atoms with Gasteiger partial charge in [-0.3, -0.25) is 4.79 Å². The third-order valence-corrected chi connectivity index (χ3v) is 4.01. The first-order valence-corrected chi connectivity index (χ1v) is 8.82. The van der Waals surface area contributed by atoms with E-state index in [0.29, 0.717) is 19.6 Å². The monoisotopic (exact) mass is 357 g/mol. The molecular weight excluding hydrogens is 330 g/mol. The highest BCUT2D eigenvalue weighted by atomic mass is 16.5. The van der Waals surface area contributed by atoms with Gasteiger partial charge >= 0.3 is 0 Å². The van der Waals surface area contributed by atoms with E-state index in [2.05, 4.69) is 5.32 Å². The number of amides is 1. The number of methoxy groups -OCH3 is 1. The molecule has 5 heteroatoms. The molecule has 2 rings (SSSR count). The molecule has 1 atom stereocenters. The van der Waals surface area contributed by atoms with Crippen LogP contribution >= 0.6 is 0 Å². The molecule has 0 saturated carbocycles. The average molecular weight is 357 g/mol. The summed E-state index contributed by atoms with van der Waals surface area (Å²) in [6.07, 6.45) is 0.0786. The van der Waals surface area contributed by atoms with Crippen molar-refractivity contribution in [1.29, 1.82) is 0 Å². The molecule has 2 aromatic carbocycles. The fourth-order valence-corrected chi connectivity index (χ4v) is 2.44. The lowest BCUT2D eigenvalue weighted by Gasteiger charge is -2.19. The Morgan fingerprint density at radius 1 is 1.08 bits per heavy atom. The van der Waals surface area contributed by atoms with Crippen molar-refractivity contribution >= 4 is 5.91 Å². The van der Waals surface area contributed by atoms with Crippen LogP contribution in [-0.4, -0.2) is 32.3 Å². The Kier molecular flexibility index (Phi) is 7.33. The number of ether oxygens (including phenoxy) is 3. The first-order valence-electron chi connectivity index (χ1n) is 8.82. The lowest BCUT2D eigenvalue weighted by molar-refractivity contribution is -0.128. The van der Waals surface area contributed by atoms with Gasteiger partial charge < -0.3 is 19.5 Å². The number of nitrogens with one attached hydrogen (secondary N) is 1. The number of hydrogen-bond donors (Lipinski definition) is 1. The topological polar surface area (TPSA) is 56.8 Å². The van der Waals surface area contributed by atoms with E-state index in [1.807, 2.05) is 63.2 Å². The van der Waals surface area contributed by atoms with Crippen LogP contribution in [0.2, 0.25) is 0 Å². The Morgan fingerprint density at radius 2 is 1.77 bits per heavy atom. The first kappa shape index (κ1) is 19.6. The lowest BCUT2D eigenvalue weighted by atomic mass is 10.1. The van der Waals surface area contributed by atoms with Gasteiger partial charge in [0.2, 0.25) is 0 Å². The quantitative estimate of drug-likeness (QED) is 0.696. The largest absolute Gasteiger partial charge is 0.497 e. The maximum Gasteiger partial charge on any atom is 0.261 e. The maximum atomic E-state index is 12.4. The second-order valence-corrected chi connectivity index (χ2v) is 6.10. The summed E-state index contributed by atoms with van der Waals surface area (Å²) in [6, 6.07) is 13.3. The molecule has 0 aliphatic rings. The van der Waals surface area contributed by atoms with E-state index in [1.54, 1.807) is 7.11 Å². The predicted molar refractivity (Wildman–Crippen MR) is 102 cm³/mol. The molecule has 1 N–H and O–H groups in total. The van der Waals surface area contributed by atoms with Gasteiger partial charge in [0.05, 0.1) is 13.7 Å². The van der Waals surface area contributed by atoms with Crippen LogP contribution in [-0.2, 0) is 4.79 Å². The van der Waals surface area contributed by atoms with E-state index in [-0.39, 0.29) is 5.91 Å². The number of carbonyl (C=O) groups is 1. The van der Waals surface area contributed by atoms with Gasteiger partial charge in [0, 0.05) is 0 Å². The van der Waals surface area contributed by atoms with Crippen LogP contribution in [0.4, 0.5) is 0 Å². The van der Waals surface area contributed by atoms with Gasteiger partial charge in [-0.05, 0) is 61.7 Å². The molecule has 1 amide bonds. The smallest absolute Gasteiger partial charge is 0.261 e. The van der Waals surface area contributed by atoms with Gasteiger partial charge in [-0.15, -0.1) is 0 Å². The molecule has 0 aliphatic carbocycles. The molecule has 2 aromatic rings. The van der Waals surface area contributed by atoms with E-state index >= 15 is 0 Å². The molecule has 0 fully saturated rings. The van der Waals surface area contributed by atoms with Crippen molar-refractivity contribution in [3.8, 4) is 17.2 Å². The molecule has 0 bridgehead atoms. The lowest BCUT2D eigenvalue weighted by Crippen LogP contribution is -2.39. The number of benzene rings is 2. The second-order valence-electron chi connectivity index (χ2n) is 6.10. The highest BCUT2D eigenvalue weighted by molar-refractivity contribution is 5.81. The van der Waals surface area contributed by atoms with Crippen LogP contribution in [0.1, 0.15) is 24.5 Å². The maximum absolute atomic E-state index is 12.4. The third-order valence-electron chi connectivity index (χ3n) is 4.01. The predicted octanol–water partition coefficient (Wildman–Crippen LogP) is 3.66. The van der Waals surface area contributed by atoms with Gasteiger partial charge in [0.25, 0.3) is 5.91 Å². The van der Waals surface area contributed by atoms with E-state index in [9.17, 15) is 4.79 Å². The molecule has 0 saturated heterocycles. The van der Waals surface area contributed by atoms with Crippen LogP contribution in [0, 0.1) is 13.8 Å². The Morgan fingerprint density at radius 3 is 2.42 bits per heavy atom. The van der Waals surface area contributed by atoms with Crippen molar-refractivity contribution in [1.82, 2.24) is 5.32 Å². The molecule has 0 aromatic heterocycles. The zero-order valence-electron chi connectivity index (χ0n) is 15.9. The van der Waals surface area contributed by atoms with Crippen LogP contribution < -0.4 is 19.5 Å². The van der Waals surface area contributed by atoms with Gasteiger partial charge in [0.15, 0.2) is 6.10 Å². The minimum absolute atomic E-state index is 0.133. The Bertz CT molecular complexity index is 712. The van der Waals surface area contributed by atoms with Crippen molar-refractivity contribution in [2.75, 3.05) is 20.3 Å². The van der Waals surface area contributed by atoms with E-state index < -0.39 is 6.10 Å². The van der Waals surface area contributed by atoms with E-state index in [1.165, 1.54) is 0 Å². The summed E-state index contributed by atoms with van der Waals surface area (Å²) in [5, 5.41) is 2.87. The molecular formula is C21H27NO4. The molecule has 0 aliphatic heterocycles. The van der Waals surface area contributed by atoms with Gasteiger partial charge in [-0.2, -0.15) is 0 Å². The summed E-state index contributed by atoms with van der Waals surface area (Å²) in [5.74, 6) is 2.13. The SMILES string of the molecule is CC[C@H](Oc1cc(C)ccc1C)C(=O)NCCOc1ccc(OC)cc1. The fourth-order valence-electron chi connectivity index (χ4n) is 2.44. The zero-order chi connectivity index (χ0) is 18.9. The Hall–Kier alpha value is -2.69. The standard InChI is InChI=1S/C21H27NO4/c1-5-19(26-20-14-15(2)6-7-16(20)3)21(23)22-12-13-25-18-10-8-17(24-4)9-11-18/h6-11,14,19H,5,12-13H2,1-4H3,(H,22,23)/t19-/m0/s1. The number of rotatable bonds is 9. The summed E-state index contributed by atoms with van der Waals surface area (Å²) >= 11 is 0. The zero-order valence-corrected chi connectivity index (χ0v) is 15.9. The molecule has 0 unspecified atom stereocenters. The minimum atomic E-state index is -0.517.